The summed E-state index contributed by atoms with van der Waals surface area (Å²) in [6.07, 6.45) is -3.20. The van der Waals surface area contributed by atoms with Gasteiger partial charge in [-0.1, -0.05) is 0 Å². The second-order valence-electron chi connectivity index (χ2n) is 7.42. The third-order valence-corrected chi connectivity index (χ3v) is 5.02. The SMILES string of the molecule is Cc1oc(C2CCN(C(=O)Nc3ccc(C(F)(F)F)cc3)CC2)nc1C(=O)N(C)C. The molecule has 0 radical (unpaired) electrons. The highest BCUT2D eigenvalue weighted by Crippen LogP contribution is 2.31. The van der Waals surface area contributed by atoms with Gasteiger partial charge in [-0.2, -0.15) is 13.2 Å². The van der Waals surface area contributed by atoms with Crippen LogP contribution in [0.3, 0.4) is 0 Å². The van der Waals surface area contributed by atoms with Gasteiger partial charge >= 0.3 is 12.2 Å². The first-order chi connectivity index (χ1) is 14.1. The zero-order chi connectivity index (χ0) is 22.1. The van der Waals surface area contributed by atoms with Gasteiger partial charge in [0.25, 0.3) is 5.91 Å². The molecule has 1 saturated heterocycles. The quantitative estimate of drug-likeness (QED) is 0.804. The van der Waals surface area contributed by atoms with Crippen molar-refractivity contribution in [3.8, 4) is 0 Å². The summed E-state index contributed by atoms with van der Waals surface area (Å²) in [5.41, 5.74) is -0.183. The highest BCUT2D eigenvalue weighted by atomic mass is 19.4. The highest BCUT2D eigenvalue weighted by molar-refractivity contribution is 5.92. The number of carbonyl (C=O) groups is 2. The Balaban J connectivity index is 1.57. The van der Waals surface area contributed by atoms with Crippen LogP contribution in [0.1, 0.15) is 46.5 Å². The minimum absolute atomic E-state index is 0.0115. The summed E-state index contributed by atoms with van der Waals surface area (Å²) in [6, 6.07) is 3.94. The number of rotatable bonds is 3. The Hall–Kier alpha value is -3.04. The minimum Gasteiger partial charge on any atom is -0.445 e. The first kappa shape index (κ1) is 21.7. The second kappa shape index (κ2) is 8.37. The van der Waals surface area contributed by atoms with E-state index in [0.29, 0.717) is 43.3 Å². The molecule has 2 heterocycles. The number of aryl methyl sites for hydroxylation is 1. The van der Waals surface area contributed by atoms with Gasteiger partial charge in [0.1, 0.15) is 5.76 Å². The number of halogens is 3. The molecule has 0 aliphatic carbocycles. The molecule has 0 bridgehead atoms. The number of urea groups is 1. The van der Waals surface area contributed by atoms with Gasteiger partial charge in [-0.25, -0.2) is 9.78 Å². The molecule has 7 nitrogen and oxygen atoms in total. The molecule has 0 saturated carbocycles. The van der Waals surface area contributed by atoms with E-state index < -0.39 is 11.7 Å². The van der Waals surface area contributed by atoms with Crippen molar-refractivity contribution in [2.24, 2.45) is 0 Å². The van der Waals surface area contributed by atoms with E-state index in [4.69, 9.17) is 4.42 Å². The van der Waals surface area contributed by atoms with E-state index in [9.17, 15) is 22.8 Å². The van der Waals surface area contributed by atoms with Crippen molar-refractivity contribution >= 4 is 17.6 Å². The van der Waals surface area contributed by atoms with Crippen LogP contribution in [0.5, 0.6) is 0 Å². The van der Waals surface area contributed by atoms with E-state index in [1.807, 2.05) is 0 Å². The first-order valence-electron chi connectivity index (χ1n) is 9.48. The molecule has 1 aliphatic rings. The number of benzene rings is 1. The predicted molar refractivity (Wildman–Crippen MR) is 103 cm³/mol. The van der Waals surface area contributed by atoms with Crippen LogP contribution in [0.25, 0.3) is 0 Å². The molecule has 1 N–H and O–H groups in total. The molecule has 162 valence electrons. The highest BCUT2D eigenvalue weighted by Gasteiger charge is 2.31. The van der Waals surface area contributed by atoms with Crippen LogP contribution < -0.4 is 5.32 Å². The number of carbonyl (C=O) groups excluding carboxylic acids is 2. The van der Waals surface area contributed by atoms with Gasteiger partial charge in [-0.05, 0) is 44.0 Å². The van der Waals surface area contributed by atoms with E-state index in [-0.39, 0.29) is 23.6 Å². The van der Waals surface area contributed by atoms with Gasteiger partial charge in [-0.3, -0.25) is 4.79 Å². The summed E-state index contributed by atoms with van der Waals surface area (Å²) in [7, 11) is 3.29. The largest absolute Gasteiger partial charge is 0.445 e. The zero-order valence-electron chi connectivity index (χ0n) is 16.9. The molecule has 0 unspecified atom stereocenters. The van der Waals surface area contributed by atoms with Crippen LogP contribution in [-0.4, -0.2) is 53.9 Å². The van der Waals surface area contributed by atoms with Gasteiger partial charge in [-0.15, -0.1) is 0 Å². The molecule has 3 rings (SSSR count). The maximum Gasteiger partial charge on any atom is 0.416 e. The zero-order valence-corrected chi connectivity index (χ0v) is 16.9. The molecule has 1 fully saturated rings. The average molecular weight is 424 g/mol. The van der Waals surface area contributed by atoms with Crippen molar-refractivity contribution in [1.29, 1.82) is 0 Å². The number of oxazole rings is 1. The van der Waals surface area contributed by atoms with Crippen molar-refractivity contribution in [3.05, 3.63) is 47.2 Å². The molecular formula is C20H23F3N4O3. The van der Waals surface area contributed by atoms with Crippen molar-refractivity contribution in [1.82, 2.24) is 14.8 Å². The number of nitrogens with zero attached hydrogens (tertiary/aromatic N) is 3. The van der Waals surface area contributed by atoms with E-state index in [1.54, 1.807) is 25.9 Å². The Kier molecular flexibility index (Phi) is 6.04. The lowest BCUT2D eigenvalue weighted by molar-refractivity contribution is -0.137. The molecule has 1 aliphatic heterocycles. The number of hydrogen-bond acceptors (Lipinski definition) is 4. The fourth-order valence-electron chi connectivity index (χ4n) is 3.28. The monoisotopic (exact) mass is 424 g/mol. The number of nitrogens with one attached hydrogen (secondary N) is 1. The fourth-order valence-corrected chi connectivity index (χ4v) is 3.28. The summed E-state index contributed by atoms with van der Waals surface area (Å²) < 4.78 is 43.6. The number of aromatic nitrogens is 1. The molecular weight excluding hydrogens is 401 g/mol. The van der Waals surface area contributed by atoms with Crippen molar-refractivity contribution < 1.29 is 27.2 Å². The van der Waals surface area contributed by atoms with Crippen LogP contribution in [0.2, 0.25) is 0 Å². The third-order valence-electron chi connectivity index (χ3n) is 5.02. The Bertz CT molecular complexity index is 914. The molecule has 2 aromatic rings. The van der Waals surface area contributed by atoms with Crippen LogP contribution >= 0.6 is 0 Å². The molecule has 0 spiro atoms. The summed E-state index contributed by atoms with van der Waals surface area (Å²) in [5, 5.41) is 2.62. The Labute approximate surface area is 171 Å². The Morgan fingerprint density at radius 2 is 1.77 bits per heavy atom. The number of amides is 3. The Morgan fingerprint density at radius 3 is 2.30 bits per heavy atom. The molecule has 1 aromatic carbocycles. The van der Waals surface area contributed by atoms with E-state index in [0.717, 1.165) is 12.1 Å². The van der Waals surface area contributed by atoms with Crippen LogP contribution in [0, 0.1) is 6.92 Å². The standard InChI is InChI=1S/C20H23F3N4O3/c1-12-16(18(28)26(2)3)25-17(30-12)13-8-10-27(11-9-13)19(29)24-15-6-4-14(5-7-15)20(21,22)23/h4-7,13H,8-11H2,1-3H3,(H,24,29). The van der Waals surface area contributed by atoms with Crippen LogP contribution in [0.4, 0.5) is 23.7 Å². The fraction of sp³-hybridized carbons (Fsp3) is 0.450. The molecule has 3 amide bonds. The van der Waals surface area contributed by atoms with Gasteiger partial charge in [0, 0.05) is 38.8 Å². The predicted octanol–water partition coefficient (Wildman–Crippen LogP) is 4.12. The average Bonchev–Trinajstić information content (AvgIpc) is 3.08. The topological polar surface area (TPSA) is 78.7 Å². The maximum absolute atomic E-state index is 12.6. The lowest BCUT2D eigenvalue weighted by Gasteiger charge is -2.30. The minimum atomic E-state index is -4.42. The lowest BCUT2D eigenvalue weighted by atomic mass is 9.97. The van der Waals surface area contributed by atoms with Gasteiger partial charge < -0.3 is 19.5 Å². The summed E-state index contributed by atoms with van der Waals surface area (Å²) in [4.78, 5) is 31.9. The van der Waals surface area contributed by atoms with Gasteiger partial charge in [0.15, 0.2) is 11.6 Å². The van der Waals surface area contributed by atoms with Crippen LogP contribution in [0.15, 0.2) is 28.7 Å². The second-order valence-corrected chi connectivity index (χ2v) is 7.42. The van der Waals surface area contributed by atoms with E-state index >= 15 is 0 Å². The number of hydrogen-bond donors (Lipinski definition) is 1. The van der Waals surface area contributed by atoms with Crippen molar-refractivity contribution in [2.75, 3.05) is 32.5 Å². The summed E-state index contributed by atoms with van der Waals surface area (Å²) in [5.74, 6) is 0.713. The first-order valence-corrected chi connectivity index (χ1v) is 9.48. The number of likely N-dealkylation sites (tertiary alicyclic amines) is 1. The van der Waals surface area contributed by atoms with Crippen molar-refractivity contribution in [2.45, 2.75) is 31.9 Å². The smallest absolute Gasteiger partial charge is 0.416 e. The van der Waals surface area contributed by atoms with Gasteiger partial charge in [0.2, 0.25) is 0 Å². The maximum atomic E-state index is 12.6. The van der Waals surface area contributed by atoms with Gasteiger partial charge in [0.05, 0.1) is 5.56 Å². The normalized spacial score (nSPS) is 15.2. The Morgan fingerprint density at radius 1 is 1.17 bits per heavy atom. The molecule has 0 atom stereocenters. The van der Waals surface area contributed by atoms with Crippen molar-refractivity contribution in [3.63, 3.8) is 0 Å². The van der Waals surface area contributed by atoms with Crippen LogP contribution in [-0.2, 0) is 6.18 Å². The van der Waals surface area contributed by atoms with E-state index in [2.05, 4.69) is 10.3 Å². The number of alkyl halides is 3. The summed E-state index contributed by atoms with van der Waals surface area (Å²) in [6.45, 7) is 2.57. The molecule has 30 heavy (non-hydrogen) atoms. The molecule has 10 heteroatoms. The summed E-state index contributed by atoms with van der Waals surface area (Å²) >= 11 is 0. The van der Waals surface area contributed by atoms with E-state index in [1.165, 1.54) is 17.0 Å². The lowest BCUT2D eigenvalue weighted by Crippen LogP contribution is -2.40. The number of piperidine rings is 1. The number of anilines is 1. The third kappa shape index (κ3) is 4.74. The molecule has 1 aromatic heterocycles.